The van der Waals surface area contributed by atoms with Crippen LogP contribution < -0.4 is 10.6 Å². The van der Waals surface area contributed by atoms with E-state index in [4.69, 9.17) is 0 Å². The number of amides is 2. The van der Waals surface area contributed by atoms with Crippen molar-refractivity contribution >= 4 is 27.5 Å². The summed E-state index contributed by atoms with van der Waals surface area (Å²) in [5.41, 5.74) is 1.56. The summed E-state index contributed by atoms with van der Waals surface area (Å²) >= 11 is 0. The number of carbonyl (C=O) groups excluding carboxylic acids is 2. The molecule has 2 N–H and O–H groups in total. The molecular weight excluding hydrogens is 402 g/mol. The Morgan fingerprint density at radius 3 is 2.40 bits per heavy atom. The highest BCUT2D eigenvalue weighted by Gasteiger charge is 2.30. The summed E-state index contributed by atoms with van der Waals surface area (Å²) in [4.78, 5) is 24.3. The zero-order chi connectivity index (χ0) is 21.7. The fraction of sp³-hybridized carbons (Fsp3) is 0.364. The molecule has 3 rings (SSSR count). The van der Waals surface area contributed by atoms with Crippen molar-refractivity contribution in [2.45, 2.75) is 44.0 Å². The zero-order valence-corrected chi connectivity index (χ0v) is 18.0. The molecule has 0 aliphatic carbocycles. The Morgan fingerprint density at radius 1 is 1.00 bits per heavy atom. The molecule has 0 saturated carbocycles. The van der Waals surface area contributed by atoms with Crippen molar-refractivity contribution in [3.8, 4) is 0 Å². The standard InChI is InChI=1S/C22H27N3O4S/c1-16(18-9-8-10-19(15-18)24-17(2)26)23-22(27)20-11-4-5-12-21(20)30(28,29)25-13-6-3-7-14-25/h4-5,8-12,15-16H,3,6-7,13-14H2,1-2H3,(H,23,27)(H,24,26). The number of nitrogens with one attached hydrogen (secondary N) is 2. The number of hydrogen-bond acceptors (Lipinski definition) is 4. The molecule has 1 aliphatic rings. The Hall–Kier alpha value is -2.71. The number of anilines is 1. The maximum absolute atomic E-state index is 13.1. The van der Waals surface area contributed by atoms with Gasteiger partial charge in [0.25, 0.3) is 5.91 Å². The van der Waals surface area contributed by atoms with E-state index in [0.717, 1.165) is 24.8 Å². The quantitative estimate of drug-likeness (QED) is 0.736. The smallest absolute Gasteiger partial charge is 0.253 e. The molecule has 0 spiro atoms. The number of sulfonamides is 1. The van der Waals surface area contributed by atoms with Gasteiger partial charge in [0.1, 0.15) is 0 Å². The molecule has 8 heteroatoms. The summed E-state index contributed by atoms with van der Waals surface area (Å²) < 4.78 is 27.7. The predicted octanol–water partition coefficient (Wildman–Crippen LogP) is 3.31. The second kappa shape index (κ2) is 9.40. The predicted molar refractivity (Wildman–Crippen MR) is 116 cm³/mol. The monoisotopic (exact) mass is 429 g/mol. The van der Waals surface area contributed by atoms with Gasteiger partial charge in [-0.3, -0.25) is 9.59 Å². The summed E-state index contributed by atoms with van der Waals surface area (Å²) in [6.07, 6.45) is 2.67. The van der Waals surface area contributed by atoms with Gasteiger partial charge in [-0.15, -0.1) is 0 Å². The first-order valence-electron chi connectivity index (χ1n) is 10.1. The third-order valence-corrected chi connectivity index (χ3v) is 7.08. The van der Waals surface area contributed by atoms with Crippen molar-refractivity contribution in [3.63, 3.8) is 0 Å². The van der Waals surface area contributed by atoms with E-state index in [2.05, 4.69) is 10.6 Å². The van der Waals surface area contributed by atoms with E-state index in [-0.39, 0.29) is 22.4 Å². The van der Waals surface area contributed by atoms with E-state index in [1.807, 2.05) is 13.0 Å². The van der Waals surface area contributed by atoms with E-state index >= 15 is 0 Å². The van der Waals surface area contributed by atoms with Gasteiger partial charge in [0.05, 0.1) is 16.5 Å². The van der Waals surface area contributed by atoms with Gasteiger partial charge in [-0.2, -0.15) is 4.31 Å². The summed E-state index contributed by atoms with van der Waals surface area (Å²) in [5.74, 6) is -0.635. The average Bonchev–Trinajstić information content (AvgIpc) is 2.74. The molecule has 2 aromatic carbocycles. The molecule has 1 atom stereocenters. The molecule has 0 radical (unpaired) electrons. The lowest BCUT2D eigenvalue weighted by Gasteiger charge is -2.26. The summed E-state index contributed by atoms with van der Waals surface area (Å²) in [6, 6.07) is 13.1. The number of rotatable bonds is 6. The van der Waals surface area contributed by atoms with Crippen LogP contribution >= 0.6 is 0 Å². The van der Waals surface area contributed by atoms with Crippen LogP contribution in [0.3, 0.4) is 0 Å². The zero-order valence-electron chi connectivity index (χ0n) is 17.2. The maximum Gasteiger partial charge on any atom is 0.253 e. The summed E-state index contributed by atoms with van der Waals surface area (Å²) in [5, 5.41) is 5.59. The lowest BCUT2D eigenvalue weighted by atomic mass is 10.1. The Balaban J connectivity index is 1.82. The number of benzene rings is 2. The van der Waals surface area contributed by atoms with Gasteiger partial charge in [-0.1, -0.05) is 30.7 Å². The molecule has 30 heavy (non-hydrogen) atoms. The SMILES string of the molecule is CC(=O)Nc1cccc(C(C)NC(=O)c2ccccc2S(=O)(=O)N2CCCCC2)c1. The van der Waals surface area contributed by atoms with E-state index in [9.17, 15) is 18.0 Å². The number of hydrogen-bond donors (Lipinski definition) is 2. The van der Waals surface area contributed by atoms with Crippen LogP contribution in [0, 0.1) is 0 Å². The highest BCUT2D eigenvalue weighted by atomic mass is 32.2. The second-order valence-corrected chi connectivity index (χ2v) is 9.37. The Kier molecular flexibility index (Phi) is 6.89. The second-order valence-electron chi connectivity index (χ2n) is 7.46. The first kappa shape index (κ1) is 22.0. The first-order valence-corrected chi connectivity index (χ1v) is 11.5. The van der Waals surface area contributed by atoms with Gasteiger partial charge in [0.15, 0.2) is 0 Å². The lowest BCUT2D eigenvalue weighted by molar-refractivity contribution is -0.114. The molecule has 1 saturated heterocycles. The number of piperidine rings is 1. The Bertz CT molecular complexity index is 1030. The van der Waals surface area contributed by atoms with Gasteiger partial charge < -0.3 is 10.6 Å². The maximum atomic E-state index is 13.1. The van der Waals surface area contributed by atoms with Gasteiger partial charge >= 0.3 is 0 Å². The van der Waals surface area contributed by atoms with Crippen LogP contribution in [0.1, 0.15) is 55.1 Å². The van der Waals surface area contributed by atoms with Crippen LogP contribution in [-0.4, -0.2) is 37.6 Å². The van der Waals surface area contributed by atoms with Crippen LogP contribution in [0.5, 0.6) is 0 Å². The van der Waals surface area contributed by atoms with Crippen molar-refractivity contribution < 1.29 is 18.0 Å². The molecule has 2 amide bonds. The Labute approximate surface area is 177 Å². The van der Waals surface area contributed by atoms with Crippen molar-refractivity contribution in [2.75, 3.05) is 18.4 Å². The molecule has 160 valence electrons. The fourth-order valence-electron chi connectivity index (χ4n) is 3.57. The molecule has 0 aromatic heterocycles. The number of nitrogens with zero attached hydrogens (tertiary/aromatic N) is 1. The normalized spacial score (nSPS) is 15.9. The largest absolute Gasteiger partial charge is 0.345 e. The van der Waals surface area contributed by atoms with E-state index in [0.29, 0.717) is 18.8 Å². The van der Waals surface area contributed by atoms with Crippen LogP contribution in [0.15, 0.2) is 53.4 Å². The molecule has 2 aromatic rings. The van der Waals surface area contributed by atoms with Crippen molar-refractivity contribution in [3.05, 3.63) is 59.7 Å². The molecule has 1 fully saturated rings. The van der Waals surface area contributed by atoms with Crippen molar-refractivity contribution in [1.82, 2.24) is 9.62 Å². The Morgan fingerprint density at radius 2 is 1.70 bits per heavy atom. The van der Waals surface area contributed by atoms with Crippen LogP contribution in [0.25, 0.3) is 0 Å². The third-order valence-electron chi connectivity index (χ3n) is 5.12. The molecular formula is C22H27N3O4S. The van der Waals surface area contributed by atoms with Crippen LogP contribution in [-0.2, 0) is 14.8 Å². The van der Waals surface area contributed by atoms with Gasteiger partial charge in [-0.25, -0.2) is 8.42 Å². The topological polar surface area (TPSA) is 95.6 Å². The molecule has 1 heterocycles. The van der Waals surface area contributed by atoms with Crippen LogP contribution in [0.4, 0.5) is 5.69 Å². The number of carbonyl (C=O) groups is 2. The first-order chi connectivity index (χ1) is 14.3. The minimum Gasteiger partial charge on any atom is -0.345 e. The highest BCUT2D eigenvalue weighted by Crippen LogP contribution is 2.24. The minimum atomic E-state index is -3.73. The fourth-order valence-corrected chi connectivity index (χ4v) is 5.28. The molecule has 7 nitrogen and oxygen atoms in total. The third kappa shape index (κ3) is 5.06. The minimum absolute atomic E-state index is 0.0311. The average molecular weight is 430 g/mol. The van der Waals surface area contributed by atoms with E-state index in [1.165, 1.54) is 23.4 Å². The summed E-state index contributed by atoms with van der Waals surface area (Å²) in [7, 11) is -3.73. The van der Waals surface area contributed by atoms with E-state index in [1.54, 1.807) is 30.3 Å². The van der Waals surface area contributed by atoms with Gasteiger partial charge in [0.2, 0.25) is 15.9 Å². The van der Waals surface area contributed by atoms with Crippen LogP contribution in [0.2, 0.25) is 0 Å². The molecule has 1 unspecified atom stereocenters. The van der Waals surface area contributed by atoms with E-state index < -0.39 is 15.9 Å². The lowest BCUT2D eigenvalue weighted by Crippen LogP contribution is -2.37. The van der Waals surface area contributed by atoms with Crippen molar-refractivity contribution in [2.24, 2.45) is 0 Å². The highest BCUT2D eigenvalue weighted by molar-refractivity contribution is 7.89. The summed E-state index contributed by atoms with van der Waals surface area (Å²) in [6.45, 7) is 4.19. The molecule has 0 bridgehead atoms. The van der Waals surface area contributed by atoms with Crippen molar-refractivity contribution in [1.29, 1.82) is 0 Å². The van der Waals surface area contributed by atoms with Gasteiger partial charge in [0, 0.05) is 25.7 Å². The van der Waals surface area contributed by atoms with Gasteiger partial charge in [-0.05, 0) is 49.6 Å². The molecule has 1 aliphatic heterocycles.